The lowest BCUT2D eigenvalue weighted by molar-refractivity contribution is 0.875. The van der Waals surface area contributed by atoms with Crippen molar-refractivity contribution in [2.75, 3.05) is 5.32 Å². The summed E-state index contributed by atoms with van der Waals surface area (Å²) in [7, 11) is 0. The van der Waals surface area contributed by atoms with Gasteiger partial charge in [-0.2, -0.15) is 10.5 Å². The van der Waals surface area contributed by atoms with Gasteiger partial charge in [-0.25, -0.2) is 4.98 Å². The first-order valence-electron chi connectivity index (χ1n) is 6.86. The number of nitriles is 2. The van der Waals surface area contributed by atoms with Gasteiger partial charge in [-0.15, -0.1) is 0 Å². The predicted molar refractivity (Wildman–Crippen MR) is 83.1 cm³/mol. The minimum atomic E-state index is -0.0645. The van der Waals surface area contributed by atoms with Gasteiger partial charge < -0.3 is 5.32 Å². The molecule has 0 spiro atoms. The summed E-state index contributed by atoms with van der Waals surface area (Å²) < 4.78 is 1.75. The third kappa shape index (κ3) is 2.36. The van der Waals surface area contributed by atoms with E-state index in [1.807, 2.05) is 49.5 Å². The highest BCUT2D eigenvalue weighted by Gasteiger charge is 2.14. The van der Waals surface area contributed by atoms with Gasteiger partial charge in [-0.1, -0.05) is 18.2 Å². The fourth-order valence-corrected chi connectivity index (χ4v) is 2.37. The molecule has 22 heavy (non-hydrogen) atoms. The van der Waals surface area contributed by atoms with Crippen molar-refractivity contribution >= 4 is 11.5 Å². The quantitative estimate of drug-likeness (QED) is 0.802. The zero-order valence-electron chi connectivity index (χ0n) is 12.0. The van der Waals surface area contributed by atoms with Crippen molar-refractivity contribution in [2.24, 2.45) is 0 Å². The van der Waals surface area contributed by atoms with Crippen LogP contribution in [0.25, 0.3) is 5.65 Å². The highest BCUT2D eigenvalue weighted by molar-refractivity contribution is 5.59. The van der Waals surface area contributed by atoms with Crippen molar-refractivity contribution in [1.29, 1.82) is 10.5 Å². The normalized spacial score (nSPS) is 11.6. The molecule has 1 N–H and O–H groups in total. The average Bonchev–Trinajstić information content (AvgIpc) is 2.91. The number of anilines is 1. The van der Waals surface area contributed by atoms with Crippen LogP contribution in [0.3, 0.4) is 0 Å². The summed E-state index contributed by atoms with van der Waals surface area (Å²) in [6.07, 6.45) is 1.81. The van der Waals surface area contributed by atoms with Crippen LogP contribution in [0.4, 0.5) is 5.82 Å². The fourth-order valence-electron chi connectivity index (χ4n) is 2.37. The summed E-state index contributed by atoms with van der Waals surface area (Å²) in [5.74, 6) is 0.545. The molecule has 1 atom stereocenters. The van der Waals surface area contributed by atoms with Crippen LogP contribution in [0.2, 0.25) is 0 Å². The molecule has 0 saturated carbocycles. The lowest BCUT2D eigenvalue weighted by Gasteiger charge is -2.14. The number of benzene rings is 1. The van der Waals surface area contributed by atoms with E-state index in [2.05, 4.69) is 22.4 Å². The van der Waals surface area contributed by atoms with Gasteiger partial charge in [0.15, 0.2) is 11.5 Å². The van der Waals surface area contributed by atoms with E-state index in [9.17, 15) is 5.26 Å². The number of imidazole rings is 1. The third-order valence-corrected chi connectivity index (χ3v) is 3.50. The monoisotopic (exact) mass is 287 g/mol. The van der Waals surface area contributed by atoms with E-state index >= 15 is 0 Å². The van der Waals surface area contributed by atoms with Crippen LogP contribution >= 0.6 is 0 Å². The predicted octanol–water partition coefficient (Wildman–Crippen LogP) is 3.25. The van der Waals surface area contributed by atoms with Gasteiger partial charge in [-0.3, -0.25) is 4.40 Å². The van der Waals surface area contributed by atoms with Gasteiger partial charge in [0, 0.05) is 6.20 Å². The van der Waals surface area contributed by atoms with Gasteiger partial charge >= 0.3 is 0 Å². The van der Waals surface area contributed by atoms with Crippen LogP contribution in [-0.4, -0.2) is 9.38 Å². The molecule has 3 aromatic rings. The Morgan fingerprint density at radius 2 is 2.00 bits per heavy atom. The van der Waals surface area contributed by atoms with Crippen LogP contribution in [0.15, 0.2) is 48.7 Å². The first-order chi connectivity index (χ1) is 10.7. The number of pyridine rings is 1. The molecule has 0 saturated heterocycles. The van der Waals surface area contributed by atoms with E-state index in [4.69, 9.17) is 5.26 Å². The molecule has 0 aliphatic carbocycles. The van der Waals surface area contributed by atoms with E-state index in [0.29, 0.717) is 17.1 Å². The van der Waals surface area contributed by atoms with E-state index in [1.165, 1.54) is 0 Å². The summed E-state index contributed by atoms with van der Waals surface area (Å²) in [5.41, 5.74) is 2.78. The van der Waals surface area contributed by atoms with Crippen molar-refractivity contribution in [3.8, 4) is 12.1 Å². The smallest absolute Gasteiger partial charge is 0.168 e. The first kappa shape index (κ1) is 13.7. The molecule has 0 bridgehead atoms. The summed E-state index contributed by atoms with van der Waals surface area (Å²) >= 11 is 0. The summed E-state index contributed by atoms with van der Waals surface area (Å²) in [6.45, 7) is 1.97. The molecular formula is C17H13N5. The Kier molecular flexibility index (Phi) is 3.47. The van der Waals surface area contributed by atoms with Crippen molar-refractivity contribution in [3.05, 3.63) is 65.5 Å². The Balaban J connectivity index is 1.96. The van der Waals surface area contributed by atoms with Crippen LogP contribution in [0.1, 0.15) is 29.8 Å². The number of rotatable bonds is 3. The van der Waals surface area contributed by atoms with Crippen LogP contribution in [0.5, 0.6) is 0 Å². The molecule has 0 unspecified atom stereocenters. The van der Waals surface area contributed by atoms with Gasteiger partial charge in [0.25, 0.3) is 0 Å². The Morgan fingerprint density at radius 1 is 1.14 bits per heavy atom. The summed E-state index contributed by atoms with van der Waals surface area (Å²) in [5, 5.41) is 21.6. The molecule has 2 heterocycles. The Bertz CT molecular complexity index is 911. The van der Waals surface area contributed by atoms with Crippen molar-refractivity contribution in [1.82, 2.24) is 9.38 Å². The molecule has 2 aromatic heterocycles. The van der Waals surface area contributed by atoms with Crippen LogP contribution < -0.4 is 5.32 Å². The van der Waals surface area contributed by atoms with Crippen molar-refractivity contribution in [3.63, 3.8) is 0 Å². The maximum Gasteiger partial charge on any atom is 0.168 e. The van der Waals surface area contributed by atoms with E-state index < -0.39 is 0 Å². The Hall–Kier alpha value is -3.31. The molecule has 1 aromatic carbocycles. The number of hydrogen-bond acceptors (Lipinski definition) is 4. The molecule has 0 radical (unpaired) electrons. The molecular weight excluding hydrogens is 274 g/mol. The minimum Gasteiger partial charge on any atom is -0.361 e. The highest BCUT2D eigenvalue weighted by atomic mass is 15.1. The van der Waals surface area contributed by atoms with Gasteiger partial charge in [0.2, 0.25) is 0 Å². The van der Waals surface area contributed by atoms with E-state index in [0.717, 1.165) is 11.2 Å². The van der Waals surface area contributed by atoms with E-state index in [-0.39, 0.29) is 6.04 Å². The second kappa shape index (κ2) is 5.59. The summed E-state index contributed by atoms with van der Waals surface area (Å²) in [6, 6.07) is 17.2. The number of nitrogens with one attached hydrogen (secondary N) is 1. The molecule has 5 heteroatoms. The number of fused-ring (bicyclic) bond motifs is 1. The maximum absolute atomic E-state index is 9.38. The lowest BCUT2D eigenvalue weighted by atomic mass is 10.1. The van der Waals surface area contributed by atoms with Crippen LogP contribution in [0, 0.1) is 22.7 Å². The largest absolute Gasteiger partial charge is 0.361 e. The Morgan fingerprint density at radius 3 is 2.77 bits per heavy atom. The van der Waals surface area contributed by atoms with Crippen molar-refractivity contribution < 1.29 is 0 Å². The number of nitrogens with zero attached hydrogens (tertiary/aromatic N) is 4. The molecule has 0 fully saturated rings. The van der Waals surface area contributed by atoms with Gasteiger partial charge in [0.1, 0.15) is 11.7 Å². The maximum atomic E-state index is 9.38. The second-order valence-electron chi connectivity index (χ2n) is 4.95. The zero-order chi connectivity index (χ0) is 15.5. The van der Waals surface area contributed by atoms with Crippen molar-refractivity contribution in [2.45, 2.75) is 13.0 Å². The molecule has 0 amide bonds. The zero-order valence-corrected chi connectivity index (χ0v) is 12.0. The highest BCUT2D eigenvalue weighted by Crippen LogP contribution is 2.23. The fraction of sp³-hybridized carbons (Fsp3) is 0.118. The molecule has 106 valence electrons. The molecule has 3 rings (SSSR count). The SMILES string of the molecule is C[C@H](Nc1nc2ccccn2c1C#N)c1cccc(C#N)c1. The topological polar surface area (TPSA) is 76.9 Å². The van der Waals surface area contributed by atoms with E-state index in [1.54, 1.807) is 10.5 Å². The number of aromatic nitrogens is 2. The minimum absolute atomic E-state index is 0.0645. The first-order valence-corrected chi connectivity index (χ1v) is 6.86. The Labute approximate surface area is 128 Å². The lowest BCUT2D eigenvalue weighted by Crippen LogP contribution is -2.08. The second-order valence-corrected chi connectivity index (χ2v) is 4.95. The van der Waals surface area contributed by atoms with Gasteiger partial charge in [0.05, 0.1) is 17.7 Å². The third-order valence-electron chi connectivity index (χ3n) is 3.50. The summed E-state index contributed by atoms with van der Waals surface area (Å²) in [4.78, 5) is 4.46. The molecule has 0 aliphatic rings. The number of hydrogen-bond donors (Lipinski definition) is 1. The van der Waals surface area contributed by atoms with Gasteiger partial charge in [-0.05, 0) is 36.8 Å². The molecule has 5 nitrogen and oxygen atoms in total. The average molecular weight is 287 g/mol. The van der Waals surface area contributed by atoms with Crippen LogP contribution in [-0.2, 0) is 0 Å². The standard InChI is InChI=1S/C17H13N5/c1-12(14-6-4-5-13(9-14)10-18)20-17-15(11-19)22-8-3-2-7-16(22)21-17/h2-9,12,20H,1H3/t12-/m0/s1. The molecule has 0 aliphatic heterocycles.